The van der Waals surface area contributed by atoms with Crippen LogP contribution in [-0.2, 0) is 14.8 Å². The first kappa shape index (κ1) is 13.3. The molecule has 1 atom stereocenters. The van der Waals surface area contributed by atoms with E-state index >= 15 is 0 Å². The summed E-state index contributed by atoms with van der Waals surface area (Å²) in [6.45, 7) is 0. The monoisotopic (exact) mass is 307 g/mol. The molecule has 5 nitrogen and oxygen atoms in total. The average molecular weight is 308 g/mol. The minimum absolute atomic E-state index is 0.0346. The maximum absolute atomic E-state index is 11.6. The molecule has 1 rings (SSSR count). The van der Waals surface area contributed by atoms with Crippen LogP contribution in [0.25, 0.3) is 0 Å². The molecular weight excluding hydrogens is 298 g/mol. The Bertz CT molecular complexity index is 483. The van der Waals surface area contributed by atoms with E-state index in [1.165, 1.54) is 31.4 Å². The van der Waals surface area contributed by atoms with E-state index in [1.807, 2.05) is 0 Å². The Morgan fingerprint density at radius 1 is 1.38 bits per heavy atom. The molecule has 7 heteroatoms. The van der Waals surface area contributed by atoms with Gasteiger partial charge in [0.25, 0.3) is 0 Å². The second kappa shape index (κ2) is 5.05. The first-order valence-electron chi connectivity index (χ1n) is 4.20. The van der Waals surface area contributed by atoms with Gasteiger partial charge >= 0.3 is 0 Å². The van der Waals surface area contributed by atoms with Crippen LogP contribution in [0.2, 0.25) is 0 Å². The Kier molecular flexibility index (Phi) is 4.20. The first-order valence-corrected chi connectivity index (χ1v) is 6.66. The molecule has 0 amide bonds. The number of alkyl halides is 1. The molecule has 0 aliphatic carbocycles. The predicted octanol–water partition coefficient (Wildman–Crippen LogP) is 0.884. The number of carbonyl (C=O) groups is 1. The largest absolute Gasteiger partial charge is 0.362 e. The number of hydrogen-bond donors (Lipinski definition) is 1. The van der Waals surface area contributed by atoms with Crippen LogP contribution < -0.4 is 5.14 Å². The van der Waals surface area contributed by atoms with Gasteiger partial charge in [0.05, 0.1) is 4.90 Å². The molecular formula is C9H10BrNO4S. The zero-order valence-electron chi connectivity index (χ0n) is 8.38. The summed E-state index contributed by atoms with van der Waals surface area (Å²) in [5.74, 6) is -0.288. The number of Topliss-reactive ketones (excluding diaryl/α,β-unsaturated/α-hetero) is 1. The Labute approximate surface area is 102 Å². The lowest BCUT2D eigenvalue weighted by Gasteiger charge is -2.06. The molecule has 0 aromatic heterocycles. The zero-order valence-corrected chi connectivity index (χ0v) is 10.8. The van der Waals surface area contributed by atoms with Gasteiger partial charge in [0.1, 0.15) is 0 Å². The van der Waals surface area contributed by atoms with E-state index in [9.17, 15) is 13.2 Å². The van der Waals surface area contributed by atoms with E-state index in [0.717, 1.165) is 0 Å². The fraction of sp³-hybridized carbons (Fsp3) is 0.222. The van der Waals surface area contributed by atoms with Crippen LogP contribution in [0.1, 0.15) is 10.4 Å². The second-order valence-electron chi connectivity index (χ2n) is 2.99. The summed E-state index contributed by atoms with van der Waals surface area (Å²) in [6.07, 6.45) is 0. The lowest BCUT2D eigenvalue weighted by atomic mass is 10.1. The van der Waals surface area contributed by atoms with Gasteiger partial charge in [-0.05, 0) is 40.2 Å². The molecule has 1 aromatic rings. The molecule has 2 N–H and O–H groups in total. The molecule has 88 valence electrons. The highest BCUT2D eigenvalue weighted by atomic mass is 79.9. The Morgan fingerprint density at radius 2 is 1.88 bits per heavy atom. The van der Waals surface area contributed by atoms with Crippen molar-refractivity contribution >= 4 is 31.7 Å². The number of carbonyl (C=O) groups excluding carboxylic acids is 1. The van der Waals surface area contributed by atoms with Gasteiger partial charge in [0.15, 0.2) is 5.01 Å². The summed E-state index contributed by atoms with van der Waals surface area (Å²) in [6, 6.07) is 5.32. The topological polar surface area (TPSA) is 86.5 Å². The van der Waals surface area contributed by atoms with Crippen molar-refractivity contribution in [1.82, 2.24) is 0 Å². The summed E-state index contributed by atoms with van der Waals surface area (Å²) < 4.78 is 26.7. The lowest BCUT2D eigenvalue weighted by Crippen LogP contribution is -2.16. The summed E-state index contributed by atoms with van der Waals surface area (Å²) in [4.78, 5) is 11.5. The number of halogens is 1. The van der Waals surface area contributed by atoms with Crippen LogP contribution >= 0.6 is 15.9 Å². The van der Waals surface area contributed by atoms with Crippen molar-refractivity contribution in [3.8, 4) is 0 Å². The van der Waals surface area contributed by atoms with Crippen LogP contribution in [0.15, 0.2) is 29.2 Å². The molecule has 0 saturated carbocycles. The molecule has 0 bridgehead atoms. The normalized spacial score (nSPS) is 13.4. The van der Waals surface area contributed by atoms with Gasteiger partial charge in [-0.3, -0.25) is 4.79 Å². The molecule has 1 aromatic carbocycles. The highest BCUT2D eigenvalue weighted by Gasteiger charge is 2.16. The van der Waals surface area contributed by atoms with Crippen molar-refractivity contribution in [3.63, 3.8) is 0 Å². The third-order valence-electron chi connectivity index (χ3n) is 1.88. The molecule has 0 spiro atoms. The number of rotatable bonds is 4. The van der Waals surface area contributed by atoms with E-state index in [-0.39, 0.29) is 10.7 Å². The number of methoxy groups -OCH3 is 1. The molecule has 16 heavy (non-hydrogen) atoms. The fourth-order valence-electron chi connectivity index (χ4n) is 1.05. The predicted molar refractivity (Wildman–Crippen MR) is 61.9 cm³/mol. The quantitative estimate of drug-likeness (QED) is 0.661. The van der Waals surface area contributed by atoms with Crippen LogP contribution in [0.4, 0.5) is 0 Å². The molecule has 0 aliphatic rings. The van der Waals surface area contributed by atoms with Crippen molar-refractivity contribution < 1.29 is 17.9 Å². The van der Waals surface area contributed by atoms with Gasteiger partial charge in [-0.15, -0.1) is 0 Å². The van der Waals surface area contributed by atoms with Crippen LogP contribution in [0.3, 0.4) is 0 Å². The number of primary sulfonamides is 1. The van der Waals surface area contributed by atoms with Crippen molar-refractivity contribution in [2.75, 3.05) is 7.11 Å². The maximum Gasteiger partial charge on any atom is 0.238 e. The van der Waals surface area contributed by atoms with Crippen molar-refractivity contribution in [1.29, 1.82) is 0 Å². The van der Waals surface area contributed by atoms with Gasteiger partial charge in [-0.2, -0.15) is 0 Å². The lowest BCUT2D eigenvalue weighted by molar-refractivity contribution is 0.0805. The second-order valence-corrected chi connectivity index (χ2v) is 5.38. The van der Waals surface area contributed by atoms with Gasteiger partial charge in [0.2, 0.25) is 15.8 Å². The van der Waals surface area contributed by atoms with E-state index in [4.69, 9.17) is 9.88 Å². The van der Waals surface area contributed by atoms with E-state index < -0.39 is 15.0 Å². The van der Waals surface area contributed by atoms with E-state index in [0.29, 0.717) is 5.56 Å². The van der Waals surface area contributed by atoms with E-state index in [1.54, 1.807) is 0 Å². The Hall–Kier alpha value is -0.760. The summed E-state index contributed by atoms with van der Waals surface area (Å²) in [5, 5.41) is 4.18. The minimum Gasteiger partial charge on any atom is -0.362 e. The Balaban J connectivity index is 3.00. The zero-order chi connectivity index (χ0) is 12.3. The molecule has 0 heterocycles. The smallest absolute Gasteiger partial charge is 0.238 e. The first-order chi connectivity index (χ1) is 7.36. The third-order valence-corrected chi connectivity index (χ3v) is 3.60. The average Bonchev–Trinajstić information content (AvgIpc) is 2.26. The van der Waals surface area contributed by atoms with Gasteiger partial charge < -0.3 is 4.74 Å². The third kappa shape index (κ3) is 3.11. The van der Waals surface area contributed by atoms with Gasteiger partial charge in [-0.1, -0.05) is 0 Å². The van der Waals surface area contributed by atoms with Crippen molar-refractivity contribution in [3.05, 3.63) is 29.8 Å². The van der Waals surface area contributed by atoms with Gasteiger partial charge in [-0.25, -0.2) is 13.6 Å². The molecule has 0 aliphatic heterocycles. The summed E-state index contributed by atoms with van der Waals surface area (Å²) in [7, 11) is -2.34. The number of hydrogen-bond acceptors (Lipinski definition) is 4. The fourth-order valence-corrected chi connectivity index (χ4v) is 1.83. The van der Waals surface area contributed by atoms with Crippen LogP contribution in [0, 0.1) is 0 Å². The molecule has 0 radical (unpaired) electrons. The highest BCUT2D eigenvalue weighted by molar-refractivity contribution is 9.09. The Morgan fingerprint density at radius 3 is 2.25 bits per heavy atom. The van der Waals surface area contributed by atoms with Crippen molar-refractivity contribution in [2.45, 2.75) is 9.91 Å². The number of benzene rings is 1. The SMILES string of the molecule is COC(Br)C(=O)c1ccc(S(N)(=O)=O)cc1. The number of ether oxygens (including phenoxy) is 1. The summed E-state index contributed by atoms with van der Waals surface area (Å²) in [5.41, 5.74) is 0.344. The standard InChI is InChI=1S/C9H10BrNO4S/c1-15-9(10)8(12)6-2-4-7(5-3-6)16(11,13)14/h2-5,9H,1H3,(H2,11,13,14). The number of sulfonamides is 1. The minimum atomic E-state index is -3.73. The van der Waals surface area contributed by atoms with Gasteiger partial charge in [0, 0.05) is 12.7 Å². The van der Waals surface area contributed by atoms with Crippen molar-refractivity contribution in [2.24, 2.45) is 5.14 Å². The highest BCUT2D eigenvalue weighted by Crippen LogP contribution is 2.13. The number of ketones is 1. The molecule has 1 unspecified atom stereocenters. The van der Waals surface area contributed by atoms with Crippen LogP contribution in [0.5, 0.6) is 0 Å². The van der Waals surface area contributed by atoms with Crippen LogP contribution in [-0.4, -0.2) is 26.3 Å². The van der Waals surface area contributed by atoms with E-state index in [2.05, 4.69) is 15.9 Å². The molecule has 0 saturated heterocycles. The summed E-state index contributed by atoms with van der Waals surface area (Å²) >= 11 is 3.02. The number of nitrogens with two attached hydrogens (primary N) is 1. The molecule has 0 fully saturated rings. The maximum atomic E-state index is 11.6.